The molecule has 0 unspecified atom stereocenters. The molecule has 0 aliphatic heterocycles. The molecule has 1 N–H and O–H groups in total. The van der Waals surface area contributed by atoms with Crippen molar-refractivity contribution in [1.82, 2.24) is 5.32 Å². The topological polar surface area (TPSA) is 12.0 Å². The van der Waals surface area contributed by atoms with E-state index in [9.17, 15) is 8.78 Å². The lowest BCUT2D eigenvalue weighted by atomic mass is 9.70. The Morgan fingerprint density at radius 3 is 2.45 bits per heavy atom. The summed E-state index contributed by atoms with van der Waals surface area (Å²) in [6.07, 6.45) is 6.66. The van der Waals surface area contributed by atoms with Gasteiger partial charge in [-0.2, -0.15) is 0 Å². The fourth-order valence-corrected chi connectivity index (χ4v) is 3.21. The highest BCUT2D eigenvalue weighted by Crippen LogP contribution is 2.39. The normalized spacial score (nSPS) is 18.4. The lowest BCUT2D eigenvalue weighted by Gasteiger charge is -2.38. The van der Waals surface area contributed by atoms with Gasteiger partial charge < -0.3 is 5.32 Å². The zero-order chi connectivity index (χ0) is 14.6. The van der Waals surface area contributed by atoms with Crippen LogP contribution in [-0.4, -0.2) is 12.6 Å². The second-order valence-electron chi connectivity index (χ2n) is 6.51. The monoisotopic (exact) mass is 281 g/mol. The van der Waals surface area contributed by atoms with E-state index in [1.54, 1.807) is 6.07 Å². The van der Waals surface area contributed by atoms with E-state index in [0.717, 1.165) is 25.5 Å². The minimum atomic E-state index is -0.496. The summed E-state index contributed by atoms with van der Waals surface area (Å²) < 4.78 is 26.9. The van der Waals surface area contributed by atoms with Crippen LogP contribution in [0.4, 0.5) is 8.78 Å². The third-order valence-corrected chi connectivity index (χ3v) is 4.38. The molecular formula is C17H25F2N. The quantitative estimate of drug-likeness (QED) is 0.840. The zero-order valence-corrected chi connectivity index (χ0v) is 12.5. The first kappa shape index (κ1) is 15.4. The minimum absolute atomic E-state index is 0.126. The van der Waals surface area contributed by atoms with Gasteiger partial charge in [0.15, 0.2) is 0 Å². The minimum Gasteiger partial charge on any atom is -0.314 e. The third kappa shape index (κ3) is 4.02. The molecule has 0 heterocycles. The Morgan fingerprint density at radius 1 is 1.15 bits per heavy atom. The molecule has 0 radical (unpaired) electrons. The average molecular weight is 281 g/mol. The SMILES string of the molecule is CC(C)NCC1(Cc2ccc(F)cc2F)CCCCC1. The van der Waals surface area contributed by atoms with Crippen molar-refractivity contribution in [2.45, 2.75) is 58.4 Å². The largest absolute Gasteiger partial charge is 0.314 e. The van der Waals surface area contributed by atoms with Crippen LogP contribution in [-0.2, 0) is 6.42 Å². The van der Waals surface area contributed by atoms with Crippen molar-refractivity contribution < 1.29 is 8.78 Å². The smallest absolute Gasteiger partial charge is 0.129 e. The van der Waals surface area contributed by atoms with Crippen molar-refractivity contribution in [2.75, 3.05) is 6.54 Å². The highest BCUT2D eigenvalue weighted by molar-refractivity contribution is 5.20. The van der Waals surface area contributed by atoms with Crippen LogP contribution >= 0.6 is 0 Å². The molecule has 1 aromatic carbocycles. The summed E-state index contributed by atoms with van der Waals surface area (Å²) in [6.45, 7) is 5.19. The van der Waals surface area contributed by atoms with E-state index >= 15 is 0 Å². The molecule has 0 saturated heterocycles. The fourth-order valence-electron chi connectivity index (χ4n) is 3.21. The lowest BCUT2D eigenvalue weighted by molar-refractivity contribution is 0.175. The maximum Gasteiger partial charge on any atom is 0.129 e. The van der Waals surface area contributed by atoms with E-state index in [-0.39, 0.29) is 5.41 Å². The molecule has 2 rings (SSSR count). The maximum absolute atomic E-state index is 13.9. The fraction of sp³-hybridized carbons (Fsp3) is 0.647. The summed E-state index contributed by atoms with van der Waals surface area (Å²) in [5.41, 5.74) is 0.778. The molecule has 0 amide bonds. The van der Waals surface area contributed by atoms with Crippen molar-refractivity contribution in [3.63, 3.8) is 0 Å². The van der Waals surface area contributed by atoms with Crippen LogP contribution in [0.25, 0.3) is 0 Å². The van der Waals surface area contributed by atoms with Crippen molar-refractivity contribution in [1.29, 1.82) is 0 Å². The molecule has 0 spiro atoms. The van der Waals surface area contributed by atoms with E-state index in [1.165, 1.54) is 25.3 Å². The van der Waals surface area contributed by atoms with Crippen LogP contribution in [0.2, 0.25) is 0 Å². The van der Waals surface area contributed by atoms with Crippen LogP contribution in [0, 0.1) is 17.0 Å². The Kier molecular flexibility index (Phi) is 5.14. The molecular weight excluding hydrogens is 256 g/mol. The van der Waals surface area contributed by atoms with Gasteiger partial charge in [0.05, 0.1) is 0 Å². The summed E-state index contributed by atoms with van der Waals surface area (Å²) >= 11 is 0. The Labute approximate surface area is 120 Å². The average Bonchev–Trinajstić information content (AvgIpc) is 2.41. The first-order chi connectivity index (χ1) is 9.51. The molecule has 1 nitrogen and oxygen atoms in total. The first-order valence-corrected chi connectivity index (χ1v) is 7.68. The molecule has 3 heteroatoms. The zero-order valence-electron chi connectivity index (χ0n) is 12.5. The van der Waals surface area contributed by atoms with E-state index in [2.05, 4.69) is 19.2 Å². The number of hydrogen-bond donors (Lipinski definition) is 1. The first-order valence-electron chi connectivity index (χ1n) is 7.68. The van der Waals surface area contributed by atoms with Crippen molar-refractivity contribution in [3.05, 3.63) is 35.4 Å². The van der Waals surface area contributed by atoms with Gasteiger partial charge in [-0.15, -0.1) is 0 Å². The van der Waals surface area contributed by atoms with Crippen LogP contribution in [0.5, 0.6) is 0 Å². The van der Waals surface area contributed by atoms with Gasteiger partial charge in [0.25, 0.3) is 0 Å². The standard InChI is InChI=1S/C17H25F2N/c1-13(2)20-12-17(8-4-3-5-9-17)11-14-6-7-15(18)10-16(14)19/h6-7,10,13,20H,3-5,8-9,11-12H2,1-2H3. The van der Waals surface area contributed by atoms with Gasteiger partial charge in [-0.25, -0.2) is 8.78 Å². The van der Waals surface area contributed by atoms with Crippen molar-refractivity contribution in [2.24, 2.45) is 5.41 Å². The van der Waals surface area contributed by atoms with Crippen LogP contribution in [0.3, 0.4) is 0 Å². The molecule has 0 aromatic heterocycles. The second kappa shape index (κ2) is 6.66. The number of hydrogen-bond acceptors (Lipinski definition) is 1. The molecule has 112 valence electrons. The van der Waals surface area contributed by atoms with E-state index < -0.39 is 11.6 Å². The number of halogens is 2. The van der Waals surface area contributed by atoms with Gasteiger partial charge in [0, 0.05) is 18.7 Å². The molecule has 1 saturated carbocycles. The van der Waals surface area contributed by atoms with E-state index in [0.29, 0.717) is 18.0 Å². The van der Waals surface area contributed by atoms with Gasteiger partial charge in [-0.3, -0.25) is 0 Å². The Hall–Kier alpha value is -0.960. The van der Waals surface area contributed by atoms with Crippen LogP contribution in [0.15, 0.2) is 18.2 Å². The highest BCUT2D eigenvalue weighted by atomic mass is 19.1. The van der Waals surface area contributed by atoms with Gasteiger partial charge in [-0.1, -0.05) is 39.2 Å². The lowest BCUT2D eigenvalue weighted by Crippen LogP contribution is -2.40. The molecule has 1 aliphatic rings. The Balaban J connectivity index is 2.14. The van der Waals surface area contributed by atoms with Crippen molar-refractivity contribution in [3.8, 4) is 0 Å². The van der Waals surface area contributed by atoms with Gasteiger partial charge in [0.2, 0.25) is 0 Å². The number of rotatable bonds is 5. The van der Waals surface area contributed by atoms with Gasteiger partial charge in [0.1, 0.15) is 11.6 Å². The highest BCUT2D eigenvalue weighted by Gasteiger charge is 2.32. The molecule has 1 aliphatic carbocycles. The Morgan fingerprint density at radius 2 is 1.85 bits per heavy atom. The number of nitrogens with one attached hydrogen (secondary N) is 1. The van der Waals surface area contributed by atoms with Crippen LogP contribution in [0.1, 0.15) is 51.5 Å². The third-order valence-electron chi connectivity index (χ3n) is 4.38. The predicted molar refractivity (Wildman–Crippen MR) is 78.7 cm³/mol. The summed E-state index contributed by atoms with van der Waals surface area (Å²) in [6, 6.07) is 4.41. The second-order valence-corrected chi connectivity index (χ2v) is 6.51. The van der Waals surface area contributed by atoms with E-state index in [1.807, 2.05) is 0 Å². The summed E-state index contributed by atoms with van der Waals surface area (Å²) in [7, 11) is 0. The predicted octanol–water partition coefficient (Wildman–Crippen LogP) is 4.46. The summed E-state index contributed by atoms with van der Waals surface area (Å²) in [5, 5.41) is 3.51. The Bertz CT molecular complexity index is 437. The van der Waals surface area contributed by atoms with Gasteiger partial charge >= 0.3 is 0 Å². The summed E-state index contributed by atoms with van der Waals surface area (Å²) in [5.74, 6) is -0.899. The van der Waals surface area contributed by atoms with Crippen molar-refractivity contribution >= 4 is 0 Å². The van der Waals surface area contributed by atoms with E-state index in [4.69, 9.17) is 0 Å². The number of benzene rings is 1. The molecule has 1 aromatic rings. The van der Waals surface area contributed by atoms with Crippen LogP contribution < -0.4 is 5.32 Å². The molecule has 20 heavy (non-hydrogen) atoms. The molecule has 1 fully saturated rings. The molecule has 0 bridgehead atoms. The summed E-state index contributed by atoms with van der Waals surface area (Å²) in [4.78, 5) is 0. The van der Waals surface area contributed by atoms with Gasteiger partial charge in [-0.05, 0) is 36.3 Å². The maximum atomic E-state index is 13.9. The molecule has 0 atom stereocenters.